The van der Waals surface area contributed by atoms with Crippen molar-refractivity contribution >= 4 is 34.8 Å². The van der Waals surface area contributed by atoms with E-state index in [1.807, 2.05) is 6.07 Å². The second-order valence-corrected chi connectivity index (χ2v) is 11.3. The zero-order valence-corrected chi connectivity index (χ0v) is 24.9. The van der Waals surface area contributed by atoms with Crippen molar-refractivity contribution in [2.75, 3.05) is 36.2 Å². The summed E-state index contributed by atoms with van der Waals surface area (Å²) in [4.78, 5) is 42.7. The fourth-order valence-corrected chi connectivity index (χ4v) is 5.96. The first-order chi connectivity index (χ1) is 21.1. The molecule has 1 fully saturated rings. The summed E-state index contributed by atoms with van der Waals surface area (Å²) in [6, 6.07) is 18.8. The largest absolute Gasteiger partial charge is 0.497 e. The van der Waals surface area contributed by atoms with Gasteiger partial charge in [-0.3, -0.25) is 14.4 Å². The van der Waals surface area contributed by atoms with Crippen LogP contribution < -0.4 is 20.7 Å². The van der Waals surface area contributed by atoms with E-state index in [0.29, 0.717) is 40.5 Å². The molecule has 2 heterocycles. The fraction of sp³-hybridized carbons (Fsp3) is 0.324. The maximum absolute atomic E-state index is 14.0. The summed E-state index contributed by atoms with van der Waals surface area (Å²) in [6.07, 6.45) is 5.12. The van der Waals surface area contributed by atoms with Crippen LogP contribution in [0.15, 0.2) is 78.9 Å². The van der Waals surface area contributed by atoms with E-state index >= 15 is 0 Å². The highest BCUT2D eigenvalue weighted by Gasteiger charge is 2.52. The van der Waals surface area contributed by atoms with Gasteiger partial charge in [-0.1, -0.05) is 31.2 Å². The molecule has 0 aliphatic carbocycles. The maximum atomic E-state index is 14.0. The van der Waals surface area contributed by atoms with Gasteiger partial charge in [0, 0.05) is 41.4 Å². The summed E-state index contributed by atoms with van der Waals surface area (Å²) in [6.45, 7) is 2.44. The Morgan fingerprint density at radius 3 is 2.66 bits per heavy atom. The summed E-state index contributed by atoms with van der Waals surface area (Å²) in [5.74, 6) is -1.06. The van der Waals surface area contributed by atoms with E-state index in [9.17, 15) is 24.6 Å². The second kappa shape index (κ2) is 12.9. The van der Waals surface area contributed by atoms with E-state index < -0.39 is 17.4 Å². The third-order valence-corrected chi connectivity index (χ3v) is 8.46. The molecule has 0 radical (unpaired) electrons. The van der Waals surface area contributed by atoms with Gasteiger partial charge in [0.25, 0.3) is 11.8 Å². The number of hydrogen-bond donors (Lipinski definition) is 4. The highest BCUT2D eigenvalue weighted by Crippen LogP contribution is 2.47. The first kappa shape index (κ1) is 30.8. The molecule has 5 rings (SSSR count). The minimum atomic E-state index is -1.90. The van der Waals surface area contributed by atoms with Gasteiger partial charge in [-0.2, -0.15) is 0 Å². The molecule has 0 aromatic heterocycles. The number of nitrogen functional groups attached to an aromatic ring is 1. The molecule has 1 saturated heterocycles. The smallest absolute Gasteiger partial charge is 0.264 e. The van der Waals surface area contributed by atoms with Crippen LogP contribution in [0.25, 0.3) is 0 Å². The van der Waals surface area contributed by atoms with Crippen molar-refractivity contribution in [2.45, 2.75) is 44.4 Å². The van der Waals surface area contributed by atoms with Gasteiger partial charge >= 0.3 is 0 Å². The van der Waals surface area contributed by atoms with Crippen LogP contribution in [-0.2, 0) is 21.7 Å². The van der Waals surface area contributed by atoms with Gasteiger partial charge in [-0.25, -0.2) is 0 Å². The monoisotopic (exact) mass is 598 g/mol. The molecule has 3 amide bonds. The van der Waals surface area contributed by atoms with Crippen molar-refractivity contribution in [3.05, 3.63) is 95.6 Å². The molecular weight excluding hydrogens is 560 g/mol. The number of likely N-dealkylation sites (tertiary alicyclic amines) is 1. The number of carbonyl (C=O) groups excluding carboxylic acids is 3. The Morgan fingerprint density at radius 1 is 1.16 bits per heavy atom. The molecule has 0 saturated carbocycles. The van der Waals surface area contributed by atoms with Crippen LogP contribution in [0.4, 0.5) is 17.1 Å². The van der Waals surface area contributed by atoms with Crippen molar-refractivity contribution < 1.29 is 29.3 Å². The van der Waals surface area contributed by atoms with Crippen molar-refractivity contribution in [3.63, 3.8) is 0 Å². The molecule has 3 aromatic rings. The predicted octanol–water partition coefficient (Wildman–Crippen LogP) is 3.83. The Bertz CT molecular complexity index is 1570. The molecule has 10 heteroatoms. The van der Waals surface area contributed by atoms with E-state index in [1.165, 1.54) is 12.0 Å². The molecule has 44 heavy (non-hydrogen) atoms. The van der Waals surface area contributed by atoms with E-state index in [0.717, 1.165) is 18.4 Å². The SMILES string of the molecule is COc1ccc2c(c1)[C@](O)([C@@H](C)/C=C/CC(=O)N1CCC[C@H]1CO)C(=O)N2Cc1cccc(NC(=O)c2ccc(N)cc2)c1. The number of fused-ring (bicyclic) bond motifs is 1. The minimum Gasteiger partial charge on any atom is -0.497 e. The quantitative estimate of drug-likeness (QED) is 0.205. The normalized spacial score (nSPS) is 20.2. The van der Waals surface area contributed by atoms with Gasteiger partial charge in [0.05, 0.1) is 32.0 Å². The van der Waals surface area contributed by atoms with Gasteiger partial charge in [0.2, 0.25) is 5.91 Å². The molecule has 0 unspecified atom stereocenters. The molecule has 5 N–H and O–H groups in total. The van der Waals surface area contributed by atoms with E-state index in [4.69, 9.17) is 10.5 Å². The van der Waals surface area contributed by atoms with Gasteiger partial charge in [0.15, 0.2) is 5.60 Å². The fourth-order valence-electron chi connectivity index (χ4n) is 5.96. The summed E-state index contributed by atoms with van der Waals surface area (Å²) in [5, 5.41) is 24.5. The lowest BCUT2D eigenvalue weighted by molar-refractivity contribution is -0.139. The standard InChI is InChI=1S/C34H38N4O6/c1-22(6-3-10-31(40)37-17-5-9-27(37)21-39)34(43)29-19-28(44-2)15-16-30(29)38(33(34)42)20-23-7-4-8-26(18-23)36-32(41)24-11-13-25(35)14-12-24/h3-4,6-8,11-16,18-19,22,27,39,43H,5,9-10,17,20-21,35H2,1-2H3,(H,36,41)/b6-3+/t22-,27-,34+/m0/s1. The lowest BCUT2D eigenvalue weighted by Gasteiger charge is -2.28. The van der Waals surface area contributed by atoms with Gasteiger partial charge < -0.3 is 35.8 Å². The molecule has 3 atom stereocenters. The Labute approximate surface area is 256 Å². The van der Waals surface area contributed by atoms with Crippen molar-refractivity contribution in [1.29, 1.82) is 0 Å². The number of nitrogens with zero attached hydrogens (tertiary/aromatic N) is 2. The van der Waals surface area contributed by atoms with Gasteiger partial charge in [-0.05, 0) is 73.0 Å². The highest BCUT2D eigenvalue weighted by atomic mass is 16.5. The number of nitrogens with two attached hydrogens (primary N) is 1. The van der Waals surface area contributed by atoms with Gasteiger partial charge in [0.1, 0.15) is 5.75 Å². The van der Waals surface area contributed by atoms with Crippen LogP contribution in [0.5, 0.6) is 5.75 Å². The van der Waals surface area contributed by atoms with Crippen LogP contribution in [0.1, 0.15) is 47.7 Å². The first-order valence-electron chi connectivity index (χ1n) is 14.7. The number of hydrogen-bond acceptors (Lipinski definition) is 7. The number of amides is 3. The molecule has 230 valence electrons. The summed E-state index contributed by atoms with van der Waals surface area (Å²) in [5.41, 5.74) is 7.13. The number of anilines is 3. The molecule has 10 nitrogen and oxygen atoms in total. The first-order valence-corrected chi connectivity index (χ1v) is 14.7. The number of methoxy groups -OCH3 is 1. The summed E-state index contributed by atoms with van der Waals surface area (Å²) >= 11 is 0. The molecule has 2 aliphatic heterocycles. The van der Waals surface area contributed by atoms with E-state index in [2.05, 4.69) is 5.32 Å². The average Bonchev–Trinajstić information content (AvgIpc) is 3.59. The lowest BCUT2D eigenvalue weighted by atomic mass is 9.83. The zero-order chi connectivity index (χ0) is 31.4. The number of rotatable bonds is 10. The van der Waals surface area contributed by atoms with E-state index in [1.54, 1.807) is 84.6 Å². The topological polar surface area (TPSA) is 145 Å². The van der Waals surface area contributed by atoms with Crippen molar-refractivity contribution in [3.8, 4) is 5.75 Å². The Kier molecular flexibility index (Phi) is 9.03. The van der Waals surface area contributed by atoms with Crippen molar-refractivity contribution in [1.82, 2.24) is 4.90 Å². The maximum Gasteiger partial charge on any atom is 0.264 e. The molecular formula is C34H38N4O6. The number of nitrogens with one attached hydrogen (secondary N) is 1. The second-order valence-electron chi connectivity index (χ2n) is 11.3. The van der Waals surface area contributed by atoms with Crippen LogP contribution in [-0.4, -0.2) is 59.1 Å². The third-order valence-electron chi connectivity index (χ3n) is 8.46. The van der Waals surface area contributed by atoms with Crippen molar-refractivity contribution in [2.24, 2.45) is 5.92 Å². The number of aliphatic hydroxyl groups excluding tert-OH is 1. The number of aliphatic hydroxyl groups is 2. The summed E-state index contributed by atoms with van der Waals surface area (Å²) < 4.78 is 5.41. The third kappa shape index (κ3) is 6.04. The number of ether oxygens (including phenoxy) is 1. The average molecular weight is 599 g/mol. The van der Waals surface area contributed by atoms with Crippen LogP contribution in [0.2, 0.25) is 0 Å². The van der Waals surface area contributed by atoms with Crippen LogP contribution in [0.3, 0.4) is 0 Å². The zero-order valence-electron chi connectivity index (χ0n) is 24.9. The van der Waals surface area contributed by atoms with Crippen LogP contribution >= 0.6 is 0 Å². The Morgan fingerprint density at radius 2 is 1.93 bits per heavy atom. The number of benzene rings is 3. The minimum absolute atomic E-state index is 0.0631. The molecule has 0 spiro atoms. The molecule has 3 aromatic carbocycles. The number of carbonyl (C=O) groups is 3. The van der Waals surface area contributed by atoms with Gasteiger partial charge in [-0.15, -0.1) is 0 Å². The van der Waals surface area contributed by atoms with Crippen LogP contribution in [0, 0.1) is 5.92 Å². The Hall–Kier alpha value is -4.67. The molecule has 0 bridgehead atoms. The molecule has 2 aliphatic rings. The highest BCUT2D eigenvalue weighted by molar-refractivity contribution is 6.07. The Balaban J connectivity index is 1.35. The summed E-state index contributed by atoms with van der Waals surface area (Å²) in [7, 11) is 1.52. The van der Waals surface area contributed by atoms with E-state index in [-0.39, 0.29) is 37.4 Å². The lowest BCUT2D eigenvalue weighted by Crippen LogP contribution is -2.44. The predicted molar refractivity (Wildman–Crippen MR) is 168 cm³/mol.